The first-order chi connectivity index (χ1) is 5.77. The molecule has 1 aromatic heterocycles. The minimum Gasteiger partial charge on any atom is -0.365 e. The van der Waals surface area contributed by atoms with E-state index in [9.17, 15) is 0 Å². The van der Waals surface area contributed by atoms with Crippen molar-refractivity contribution in [2.75, 3.05) is 18.9 Å². The molecular formula is C8H15N3S. The number of nitrogens with zero attached hydrogens (tertiary/aromatic N) is 1. The third-order valence-electron chi connectivity index (χ3n) is 1.71. The number of hydrogen-bond donors (Lipinski definition) is 2. The van der Waals surface area contributed by atoms with Crippen molar-refractivity contribution in [1.82, 2.24) is 4.98 Å². The molecule has 1 aromatic rings. The highest BCUT2D eigenvalue weighted by Crippen LogP contribution is 2.22. The van der Waals surface area contributed by atoms with Crippen LogP contribution < -0.4 is 11.1 Å². The van der Waals surface area contributed by atoms with Gasteiger partial charge in [0.2, 0.25) is 0 Å². The predicted octanol–water partition coefficient (Wildman–Crippen LogP) is 1.38. The Morgan fingerprint density at radius 3 is 2.83 bits per heavy atom. The molecule has 0 unspecified atom stereocenters. The molecule has 0 aliphatic carbocycles. The molecule has 0 saturated heterocycles. The van der Waals surface area contributed by atoms with Gasteiger partial charge in [-0.15, -0.1) is 11.3 Å². The highest BCUT2D eigenvalue weighted by molar-refractivity contribution is 7.15. The van der Waals surface area contributed by atoms with Gasteiger partial charge in [-0.1, -0.05) is 0 Å². The molecule has 0 fully saturated rings. The summed E-state index contributed by atoms with van der Waals surface area (Å²) in [6.07, 6.45) is 2.11. The Bertz CT molecular complexity index is 244. The Hall–Kier alpha value is -0.610. The molecule has 0 aliphatic rings. The van der Waals surface area contributed by atoms with E-state index < -0.39 is 0 Å². The first-order valence-corrected chi connectivity index (χ1v) is 4.93. The molecule has 3 N–H and O–H groups in total. The van der Waals surface area contributed by atoms with Gasteiger partial charge >= 0.3 is 0 Å². The van der Waals surface area contributed by atoms with Gasteiger partial charge in [0.1, 0.15) is 0 Å². The number of nitrogens with one attached hydrogen (secondary N) is 1. The average Bonchev–Trinajstić information content (AvgIpc) is 2.43. The average molecular weight is 185 g/mol. The van der Waals surface area contributed by atoms with Crippen LogP contribution in [0.5, 0.6) is 0 Å². The molecule has 1 heterocycles. The molecule has 4 heteroatoms. The molecule has 0 aliphatic heterocycles. The molecule has 0 amide bonds. The van der Waals surface area contributed by atoms with Crippen LogP contribution in [-0.4, -0.2) is 18.6 Å². The van der Waals surface area contributed by atoms with Gasteiger partial charge in [-0.05, 0) is 26.3 Å². The van der Waals surface area contributed by atoms with Gasteiger partial charge in [-0.3, -0.25) is 0 Å². The van der Waals surface area contributed by atoms with E-state index in [2.05, 4.69) is 10.3 Å². The highest BCUT2D eigenvalue weighted by atomic mass is 32.1. The van der Waals surface area contributed by atoms with Gasteiger partial charge in [0.05, 0.1) is 5.69 Å². The van der Waals surface area contributed by atoms with Gasteiger partial charge in [-0.25, -0.2) is 4.98 Å². The normalized spacial score (nSPS) is 10.2. The lowest BCUT2D eigenvalue weighted by atomic mass is 10.2. The summed E-state index contributed by atoms with van der Waals surface area (Å²) in [7, 11) is 1.89. The standard InChI is InChI=1S/C8H15N3S/c1-6-7(4-3-5-9)12-8(10-2)11-6/h3-5,9H2,1-2H3,(H,10,11). The Balaban J connectivity index is 2.64. The zero-order chi connectivity index (χ0) is 8.97. The monoisotopic (exact) mass is 185 g/mol. The van der Waals surface area contributed by atoms with Crippen molar-refractivity contribution in [3.63, 3.8) is 0 Å². The summed E-state index contributed by atoms with van der Waals surface area (Å²) in [4.78, 5) is 5.70. The van der Waals surface area contributed by atoms with Crippen molar-refractivity contribution in [2.24, 2.45) is 5.73 Å². The highest BCUT2D eigenvalue weighted by Gasteiger charge is 2.04. The minimum absolute atomic E-state index is 0.756. The van der Waals surface area contributed by atoms with Crippen LogP contribution in [0.2, 0.25) is 0 Å². The summed E-state index contributed by atoms with van der Waals surface area (Å²) >= 11 is 1.72. The zero-order valence-corrected chi connectivity index (χ0v) is 8.37. The van der Waals surface area contributed by atoms with Crippen molar-refractivity contribution >= 4 is 16.5 Å². The topological polar surface area (TPSA) is 50.9 Å². The molecule has 1 rings (SSSR count). The lowest BCUT2D eigenvalue weighted by molar-refractivity contribution is 0.836. The number of aromatic nitrogens is 1. The van der Waals surface area contributed by atoms with Crippen molar-refractivity contribution in [3.05, 3.63) is 10.6 Å². The van der Waals surface area contributed by atoms with E-state index in [1.807, 2.05) is 14.0 Å². The Kier molecular flexibility index (Phi) is 3.49. The molecule has 12 heavy (non-hydrogen) atoms. The first-order valence-electron chi connectivity index (χ1n) is 4.12. The molecule has 0 radical (unpaired) electrons. The summed E-state index contributed by atoms with van der Waals surface area (Å²) in [6, 6.07) is 0. The second-order valence-corrected chi connectivity index (χ2v) is 3.75. The number of aryl methyl sites for hydroxylation is 2. The van der Waals surface area contributed by atoms with Crippen molar-refractivity contribution in [3.8, 4) is 0 Å². The fraction of sp³-hybridized carbons (Fsp3) is 0.625. The maximum Gasteiger partial charge on any atom is 0.182 e. The van der Waals surface area contributed by atoms with E-state index >= 15 is 0 Å². The fourth-order valence-electron chi connectivity index (χ4n) is 1.03. The molecule has 0 bridgehead atoms. The van der Waals surface area contributed by atoms with E-state index in [0.717, 1.165) is 30.2 Å². The molecule has 0 aromatic carbocycles. The van der Waals surface area contributed by atoms with Crippen LogP contribution >= 0.6 is 11.3 Å². The number of rotatable bonds is 4. The lowest BCUT2D eigenvalue weighted by Gasteiger charge is -1.93. The van der Waals surface area contributed by atoms with Gasteiger partial charge in [0.15, 0.2) is 5.13 Å². The van der Waals surface area contributed by atoms with E-state index in [1.54, 1.807) is 11.3 Å². The smallest absolute Gasteiger partial charge is 0.182 e. The predicted molar refractivity (Wildman–Crippen MR) is 53.8 cm³/mol. The van der Waals surface area contributed by atoms with Gasteiger partial charge in [0.25, 0.3) is 0 Å². The summed E-state index contributed by atoms with van der Waals surface area (Å²) in [6.45, 7) is 2.80. The Labute approximate surface area is 77.0 Å². The third-order valence-corrected chi connectivity index (χ3v) is 2.95. The van der Waals surface area contributed by atoms with Crippen LogP contribution in [0.15, 0.2) is 0 Å². The Morgan fingerprint density at radius 2 is 2.33 bits per heavy atom. The molecule has 0 spiro atoms. The second-order valence-electron chi connectivity index (χ2n) is 2.67. The van der Waals surface area contributed by atoms with Crippen LogP contribution in [0.25, 0.3) is 0 Å². The van der Waals surface area contributed by atoms with Crippen LogP contribution in [-0.2, 0) is 6.42 Å². The number of anilines is 1. The third kappa shape index (κ3) is 2.19. The number of thiazole rings is 1. The Morgan fingerprint density at radius 1 is 1.58 bits per heavy atom. The maximum atomic E-state index is 5.43. The number of hydrogen-bond acceptors (Lipinski definition) is 4. The van der Waals surface area contributed by atoms with E-state index in [-0.39, 0.29) is 0 Å². The lowest BCUT2D eigenvalue weighted by Crippen LogP contribution is -1.99. The zero-order valence-electron chi connectivity index (χ0n) is 7.55. The molecule has 3 nitrogen and oxygen atoms in total. The van der Waals surface area contributed by atoms with E-state index in [1.165, 1.54) is 4.88 Å². The molecular weight excluding hydrogens is 170 g/mol. The van der Waals surface area contributed by atoms with E-state index in [4.69, 9.17) is 5.73 Å². The molecule has 0 saturated carbocycles. The summed E-state index contributed by atoms with van der Waals surface area (Å²) in [5.74, 6) is 0. The first kappa shape index (κ1) is 9.48. The summed E-state index contributed by atoms with van der Waals surface area (Å²) < 4.78 is 0. The van der Waals surface area contributed by atoms with Gasteiger partial charge in [0, 0.05) is 11.9 Å². The largest absolute Gasteiger partial charge is 0.365 e. The second kappa shape index (κ2) is 4.42. The van der Waals surface area contributed by atoms with Gasteiger partial charge < -0.3 is 11.1 Å². The minimum atomic E-state index is 0.756. The molecule has 68 valence electrons. The summed E-state index contributed by atoms with van der Waals surface area (Å²) in [5, 5.41) is 4.04. The quantitative estimate of drug-likeness (QED) is 0.745. The van der Waals surface area contributed by atoms with Crippen LogP contribution in [0.3, 0.4) is 0 Å². The van der Waals surface area contributed by atoms with Crippen molar-refractivity contribution in [1.29, 1.82) is 0 Å². The van der Waals surface area contributed by atoms with Crippen LogP contribution in [0.4, 0.5) is 5.13 Å². The summed E-state index contributed by atoms with van der Waals surface area (Å²) in [5.41, 5.74) is 6.57. The van der Waals surface area contributed by atoms with Crippen LogP contribution in [0.1, 0.15) is 17.0 Å². The van der Waals surface area contributed by atoms with Gasteiger partial charge in [-0.2, -0.15) is 0 Å². The maximum absolute atomic E-state index is 5.43. The van der Waals surface area contributed by atoms with Crippen LogP contribution in [0, 0.1) is 6.92 Å². The SMILES string of the molecule is CNc1nc(C)c(CCCN)s1. The number of nitrogens with two attached hydrogens (primary N) is 1. The van der Waals surface area contributed by atoms with E-state index in [0.29, 0.717) is 0 Å². The fourth-order valence-corrected chi connectivity index (χ4v) is 1.99. The van der Waals surface area contributed by atoms with Crippen molar-refractivity contribution in [2.45, 2.75) is 19.8 Å². The molecule has 0 atom stereocenters. The van der Waals surface area contributed by atoms with Crippen molar-refractivity contribution < 1.29 is 0 Å².